The molecule has 2 rings (SSSR count). The molecule has 2 atom stereocenters. The van der Waals surface area contributed by atoms with Gasteiger partial charge in [0, 0.05) is 24.9 Å². The van der Waals surface area contributed by atoms with Gasteiger partial charge in [0.05, 0.1) is 6.61 Å². The van der Waals surface area contributed by atoms with Crippen molar-refractivity contribution in [1.82, 2.24) is 0 Å². The Kier molecular flexibility index (Phi) is 6.05. The number of para-hydroxylation sites is 1. The summed E-state index contributed by atoms with van der Waals surface area (Å²) in [4.78, 5) is 4.52. The SMILES string of the molecule is COCc1ccccc1NC(N)=NCC1CCCC(C)C1. The third-order valence-corrected chi connectivity index (χ3v) is 4.14. The molecule has 0 aliphatic heterocycles. The average molecular weight is 289 g/mol. The van der Waals surface area contributed by atoms with Crippen LogP contribution in [0.5, 0.6) is 0 Å². The molecule has 1 aromatic rings. The summed E-state index contributed by atoms with van der Waals surface area (Å²) >= 11 is 0. The molecule has 0 heterocycles. The minimum Gasteiger partial charge on any atom is -0.380 e. The van der Waals surface area contributed by atoms with Crippen molar-refractivity contribution >= 4 is 11.6 Å². The van der Waals surface area contributed by atoms with Gasteiger partial charge in [-0.3, -0.25) is 4.99 Å². The van der Waals surface area contributed by atoms with E-state index in [4.69, 9.17) is 10.5 Å². The van der Waals surface area contributed by atoms with Crippen LogP contribution in [0.1, 0.15) is 38.2 Å². The van der Waals surface area contributed by atoms with Gasteiger partial charge in [-0.15, -0.1) is 0 Å². The van der Waals surface area contributed by atoms with E-state index in [0.717, 1.165) is 23.7 Å². The van der Waals surface area contributed by atoms with Gasteiger partial charge in [0.15, 0.2) is 5.96 Å². The van der Waals surface area contributed by atoms with Crippen molar-refractivity contribution in [3.05, 3.63) is 29.8 Å². The molecule has 0 aromatic heterocycles. The largest absolute Gasteiger partial charge is 0.380 e. The standard InChI is InChI=1S/C17H27N3O/c1-13-6-5-7-14(10-13)11-19-17(18)20-16-9-4-3-8-15(16)12-21-2/h3-4,8-9,13-14H,5-7,10-12H2,1-2H3,(H3,18,19,20). The lowest BCUT2D eigenvalue weighted by molar-refractivity contribution is 0.185. The molecule has 0 bridgehead atoms. The fourth-order valence-electron chi connectivity index (χ4n) is 3.05. The van der Waals surface area contributed by atoms with E-state index in [1.165, 1.54) is 25.7 Å². The highest BCUT2D eigenvalue weighted by molar-refractivity contribution is 5.92. The Labute approximate surface area is 127 Å². The maximum Gasteiger partial charge on any atom is 0.193 e. The molecule has 1 saturated carbocycles. The van der Waals surface area contributed by atoms with Crippen molar-refractivity contribution < 1.29 is 4.74 Å². The Balaban J connectivity index is 1.91. The number of hydrogen-bond acceptors (Lipinski definition) is 2. The maximum absolute atomic E-state index is 6.02. The summed E-state index contributed by atoms with van der Waals surface area (Å²) in [6.07, 6.45) is 5.24. The predicted octanol–water partition coefficient (Wildman–Crippen LogP) is 3.39. The van der Waals surface area contributed by atoms with Crippen LogP contribution in [0.2, 0.25) is 0 Å². The highest BCUT2D eigenvalue weighted by Crippen LogP contribution is 2.28. The number of benzene rings is 1. The van der Waals surface area contributed by atoms with Crippen molar-refractivity contribution in [2.24, 2.45) is 22.6 Å². The summed E-state index contributed by atoms with van der Waals surface area (Å²) in [7, 11) is 1.69. The van der Waals surface area contributed by atoms with Gasteiger partial charge in [0.2, 0.25) is 0 Å². The third kappa shape index (κ3) is 5.05. The molecule has 0 radical (unpaired) electrons. The first-order valence-electron chi connectivity index (χ1n) is 7.82. The highest BCUT2D eigenvalue weighted by atomic mass is 16.5. The number of guanidine groups is 1. The van der Waals surface area contributed by atoms with Crippen molar-refractivity contribution in [3.8, 4) is 0 Å². The third-order valence-electron chi connectivity index (χ3n) is 4.14. The molecule has 1 aliphatic rings. The van der Waals surface area contributed by atoms with E-state index in [-0.39, 0.29) is 0 Å². The van der Waals surface area contributed by atoms with Crippen LogP contribution in [-0.4, -0.2) is 19.6 Å². The van der Waals surface area contributed by atoms with Crippen molar-refractivity contribution in [2.45, 2.75) is 39.2 Å². The lowest BCUT2D eigenvalue weighted by Crippen LogP contribution is -2.25. The zero-order valence-electron chi connectivity index (χ0n) is 13.1. The topological polar surface area (TPSA) is 59.6 Å². The summed E-state index contributed by atoms with van der Waals surface area (Å²) in [5.41, 5.74) is 8.08. The highest BCUT2D eigenvalue weighted by Gasteiger charge is 2.18. The average Bonchev–Trinajstić information content (AvgIpc) is 2.48. The number of ether oxygens (including phenoxy) is 1. The Hall–Kier alpha value is -1.55. The molecule has 0 spiro atoms. The summed E-state index contributed by atoms with van der Waals surface area (Å²) in [6.45, 7) is 3.73. The maximum atomic E-state index is 6.02. The monoisotopic (exact) mass is 289 g/mol. The minimum absolute atomic E-state index is 0.497. The molecule has 1 aromatic carbocycles. The second kappa shape index (κ2) is 8.03. The van der Waals surface area contributed by atoms with Crippen molar-refractivity contribution in [2.75, 3.05) is 19.0 Å². The fourth-order valence-corrected chi connectivity index (χ4v) is 3.05. The number of nitrogens with zero attached hydrogens (tertiary/aromatic N) is 1. The Bertz CT molecular complexity index is 473. The van der Waals surface area contributed by atoms with Gasteiger partial charge in [0.25, 0.3) is 0 Å². The van der Waals surface area contributed by atoms with Crippen molar-refractivity contribution in [1.29, 1.82) is 0 Å². The normalized spacial score (nSPS) is 23.0. The second-order valence-corrected chi connectivity index (χ2v) is 6.08. The quantitative estimate of drug-likeness (QED) is 0.645. The number of rotatable bonds is 5. The van der Waals surface area contributed by atoms with Crippen LogP contribution in [0.15, 0.2) is 29.3 Å². The number of anilines is 1. The smallest absolute Gasteiger partial charge is 0.193 e. The number of hydrogen-bond donors (Lipinski definition) is 2. The molecule has 1 fully saturated rings. The van der Waals surface area contributed by atoms with Gasteiger partial charge in [-0.05, 0) is 30.7 Å². The molecular weight excluding hydrogens is 262 g/mol. The molecule has 3 N–H and O–H groups in total. The molecule has 4 heteroatoms. The van der Waals surface area contributed by atoms with Gasteiger partial charge in [-0.1, -0.05) is 38.0 Å². The fraction of sp³-hybridized carbons (Fsp3) is 0.588. The molecule has 116 valence electrons. The van der Waals surface area contributed by atoms with E-state index >= 15 is 0 Å². The zero-order valence-corrected chi connectivity index (χ0v) is 13.1. The number of methoxy groups -OCH3 is 1. The zero-order chi connectivity index (χ0) is 15.1. The first-order chi connectivity index (χ1) is 10.2. The van der Waals surface area contributed by atoms with Crippen LogP contribution in [0.3, 0.4) is 0 Å². The number of aliphatic imine (C=N–C) groups is 1. The molecule has 2 unspecified atom stereocenters. The van der Waals surface area contributed by atoms with Crippen LogP contribution in [-0.2, 0) is 11.3 Å². The minimum atomic E-state index is 0.497. The van der Waals surface area contributed by atoms with Crippen LogP contribution < -0.4 is 11.1 Å². The first-order valence-corrected chi connectivity index (χ1v) is 7.82. The van der Waals surface area contributed by atoms with Crippen LogP contribution in [0.25, 0.3) is 0 Å². The summed E-state index contributed by atoms with van der Waals surface area (Å²) in [5, 5.41) is 3.19. The van der Waals surface area contributed by atoms with E-state index in [1.54, 1.807) is 7.11 Å². The van der Waals surface area contributed by atoms with Gasteiger partial charge >= 0.3 is 0 Å². The second-order valence-electron chi connectivity index (χ2n) is 6.08. The number of nitrogens with one attached hydrogen (secondary N) is 1. The van der Waals surface area contributed by atoms with E-state index in [1.807, 2.05) is 24.3 Å². The Morgan fingerprint density at radius 1 is 1.38 bits per heavy atom. The van der Waals surface area contributed by atoms with E-state index < -0.39 is 0 Å². The summed E-state index contributed by atoms with van der Waals surface area (Å²) in [6, 6.07) is 8.01. The number of nitrogens with two attached hydrogens (primary N) is 1. The van der Waals surface area contributed by atoms with E-state index in [0.29, 0.717) is 18.5 Å². The Morgan fingerprint density at radius 3 is 2.95 bits per heavy atom. The molecule has 4 nitrogen and oxygen atoms in total. The molecule has 1 aliphatic carbocycles. The molecule has 0 saturated heterocycles. The van der Waals surface area contributed by atoms with Crippen molar-refractivity contribution in [3.63, 3.8) is 0 Å². The lowest BCUT2D eigenvalue weighted by Gasteiger charge is -2.25. The molecular formula is C17H27N3O. The van der Waals surface area contributed by atoms with Gasteiger partial charge < -0.3 is 15.8 Å². The van der Waals surface area contributed by atoms with Gasteiger partial charge in [-0.25, -0.2) is 0 Å². The Morgan fingerprint density at radius 2 is 2.19 bits per heavy atom. The summed E-state index contributed by atoms with van der Waals surface area (Å²) < 4.78 is 5.20. The van der Waals surface area contributed by atoms with Crippen LogP contribution >= 0.6 is 0 Å². The van der Waals surface area contributed by atoms with Gasteiger partial charge in [0.1, 0.15) is 0 Å². The van der Waals surface area contributed by atoms with E-state index in [2.05, 4.69) is 17.2 Å². The van der Waals surface area contributed by atoms with E-state index in [9.17, 15) is 0 Å². The molecule has 21 heavy (non-hydrogen) atoms. The van der Waals surface area contributed by atoms with Crippen LogP contribution in [0.4, 0.5) is 5.69 Å². The predicted molar refractivity (Wildman–Crippen MR) is 88.4 cm³/mol. The van der Waals surface area contributed by atoms with Crippen LogP contribution in [0, 0.1) is 11.8 Å². The lowest BCUT2D eigenvalue weighted by atomic mass is 9.82. The first kappa shape index (κ1) is 15.8. The molecule has 0 amide bonds. The van der Waals surface area contributed by atoms with Gasteiger partial charge in [-0.2, -0.15) is 0 Å². The summed E-state index contributed by atoms with van der Waals surface area (Å²) in [5.74, 6) is 2.01.